The molecule has 0 radical (unpaired) electrons. The van der Waals surface area contributed by atoms with Crippen molar-refractivity contribution in [2.75, 3.05) is 25.0 Å². The number of anilines is 1. The number of guanidine groups is 1. The lowest BCUT2D eigenvalue weighted by molar-refractivity contribution is 0.487. The van der Waals surface area contributed by atoms with Crippen LogP contribution in [0.4, 0.5) is 5.82 Å². The van der Waals surface area contributed by atoms with Crippen LogP contribution in [0.25, 0.3) is 0 Å². The summed E-state index contributed by atoms with van der Waals surface area (Å²) in [5, 5.41) is 0. The Hall–Kier alpha value is -1.05. The number of halogens is 1. The highest BCUT2D eigenvalue weighted by Crippen LogP contribution is 2.24. The molecule has 0 aromatic carbocycles. The molecule has 6 heteroatoms. The van der Waals surface area contributed by atoms with Gasteiger partial charge in [-0.25, -0.2) is 9.98 Å². The number of rotatable bonds is 6. The van der Waals surface area contributed by atoms with Crippen molar-refractivity contribution in [3.63, 3.8) is 0 Å². The number of nitrogens with two attached hydrogens (primary N) is 1. The number of nitrogens with zero attached hydrogens (tertiary/aromatic N) is 4. The molecule has 2 rings (SSSR count). The van der Waals surface area contributed by atoms with Crippen molar-refractivity contribution in [3.8, 4) is 0 Å². The molecule has 0 spiro atoms. The smallest absolute Gasteiger partial charge is 0.191 e. The molecule has 1 aromatic heterocycles. The quantitative estimate of drug-likeness (QED) is 0.451. The van der Waals surface area contributed by atoms with Gasteiger partial charge in [0.05, 0.1) is 6.54 Å². The number of aliphatic imine (C=N–C) groups is 1. The largest absolute Gasteiger partial charge is 0.370 e. The third-order valence-electron chi connectivity index (χ3n) is 3.78. The number of aromatic nitrogens is 1. The third kappa shape index (κ3) is 5.01. The summed E-state index contributed by atoms with van der Waals surface area (Å²) >= 11 is 0. The van der Waals surface area contributed by atoms with Crippen LogP contribution in [0.5, 0.6) is 0 Å². The molecule has 0 unspecified atom stereocenters. The standard InChI is InChI=1S/C15H25N5.HI/c1-4-20(5-2)14-9-6-12(10-17-14)11-18-15(16)19(3)13-7-8-13;/h6,9-10,13H,4-5,7-8,11H2,1-3H3,(H2,16,18);1H. The van der Waals surface area contributed by atoms with E-state index in [0.29, 0.717) is 18.5 Å². The van der Waals surface area contributed by atoms with Crippen molar-refractivity contribution in [3.05, 3.63) is 23.9 Å². The van der Waals surface area contributed by atoms with Crippen molar-refractivity contribution >= 4 is 35.8 Å². The zero-order valence-corrected chi connectivity index (χ0v) is 15.4. The fourth-order valence-corrected chi connectivity index (χ4v) is 2.18. The first-order valence-corrected chi connectivity index (χ1v) is 7.38. The fraction of sp³-hybridized carbons (Fsp3) is 0.600. The van der Waals surface area contributed by atoms with Gasteiger partial charge in [0.15, 0.2) is 5.96 Å². The highest BCUT2D eigenvalue weighted by Gasteiger charge is 2.27. The monoisotopic (exact) mass is 403 g/mol. The van der Waals surface area contributed by atoms with E-state index in [0.717, 1.165) is 24.5 Å². The summed E-state index contributed by atoms with van der Waals surface area (Å²) in [6.07, 6.45) is 4.35. The topological polar surface area (TPSA) is 57.8 Å². The van der Waals surface area contributed by atoms with Crippen LogP contribution in [0.15, 0.2) is 23.3 Å². The van der Waals surface area contributed by atoms with E-state index in [9.17, 15) is 0 Å². The van der Waals surface area contributed by atoms with Gasteiger partial charge < -0.3 is 15.5 Å². The van der Waals surface area contributed by atoms with E-state index in [2.05, 4.69) is 45.8 Å². The highest BCUT2D eigenvalue weighted by molar-refractivity contribution is 14.0. The molecule has 0 amide bonds. The summed E-state index contributed by atoms with van der Waals surface area (Å²) in [6.45, 7) is 6.81. The molecule has 118 valence electrons. The minimum atomic E-state index is 0. The second-order valence-electron chi connectivity index (χ2n) is 5.21. The van der Waals surface area contributed by atoms with E-state index in [-0.39, 0.29) is 24.0 Å². The number of hydrogen-bond acceptors (Lipinski definition) is 3. The van der Waals surface area contributed by atoms with Crippen molar-refractivity contribution < 1.29 is 0 Å². The first-order valence-electron chi connectivity index (χ1n) is 7.38. The van der Waals surface area contributed by atoms with Crippen LogP contribution in [0.2, 0.25) is 0 Å². The Labute approximate surface area is 144 Å². The van der Waals surface area contributed by atoms with Gasteiger partial charge in [-0.15, -0.1) is 24.0 Å². The Bertz CT molecular complexity index is 452. The van der Waals surface area contributed by atoms with Gasteiger partial charge in [-0.3, -0.25) is 0 Å². The lowest BCUT2D eigenvalue weighted by atomic mass is 10.3. The lowest BCUT2D eigenvalue weighted by Gasteiger charge is -2.19. The molecule has 2 N–H and O–H groups in total. The maximum absolute atomic E-state index is 5.97. The summed E-state index contributed by atoms with van der Waals surface area (Å²) in [5.41, 5.74) is 7.07. The first-order chi connectivity index (χ1) is 9.65. The summed E-state index contributed by atoms with van der Waals surface area (Å²) in [7, 11) is 2.01. The van der Waals surface area contributed by atoms with Gasteiger partial charge in [0.1, 0.15) is 5.82 Å². The van der Waals surface area contributed by atoms with Crippen LogP contribution >= 0.6 is 24.0 Å². The zero-order valence-electron chi connectivity index (χ0n) is 13.1. The third-order valence-corrected chi connectivity index (χ3v) is 3.78. The Morgan fingerprint density at radius 1 is 1.33 bits per heavy atom. The SMILES string of the molecule is CCN(CC)c1ccc(CN=C(N)N(C)C2CC2)cn1.I. The van der Waals surface area contributed by atoms with Crippen molar-refractivity contribution in [2.45, 2.75) is 39.3 Å². The number of pyridine rings is 1. The molecule has 1 aliphatic carbocycles. The second kappa shape index (κ2) is 8.41. The Morgan fingerprint density at radius 3 is 2.48 bits per heavy atom. The van der Waals surface area contributed by atoms with Gasteiger partial charge in [0, 0.05) is 32.4 Å². The summed E-state index contributed by atoms with van der Waals surface area (Å²) in [6, 6.07) is 4.73. The van der Waals surface area contributed by atoms with E-state index < -0.39 is 0 Å². The molecule has 1 fully saturated rings. The van der Waals surface area contributed by atoms with E-state index in [1.54, 1.807) is 0 Å². The maximum Gasteiger partial charge on any atom is 0.191 e. The fourth-order valence-electron chi connectivity index (χ4n) is 2.18. The molecule has 5 nitrogen and oxygen atoms in total. The summed E-state index contributed by atoms with van der Waals surface area (Å²) < 4.78 is 0. The van der Waals surface area contributed by atoms with E-state index in [1.807, 2.05) is 13.2 Å². The van der Waals surface area contributed by atoms with Gasteiger partial charge in [-0.2, -0.15) is 0 Å². The Balaban J connectivity index is 0.00000220. The predicted molar refractivity (Wildman–Crippen MR) is 99.3 cm³/mol. The van der Waals surface area contributed by atoms with Crippen LogP contribution in [0.3, 0.4) is 0 Å². The molecule has 0 atom stereocenters. The van der Waals surface area contributed by atoms with Gasteiger partial charge in [0.25, 0.3) is 0 Å². The van der Waals surface area contributed by atoms with Gasteiger partial charge in [0.2, 0.25) is 0 Å². The molecular weight excluding hydrogens is 377 g/mol. The van der Waals surface area contributed by atoms with Crippen LogP contribution in [-0.2, 0) is 6.54 Å². The first kappa shape index (κ1) is 18.0. The van der Waals surface area contributed by atoms with Gasteiger partial charge in [-0.05, 0) is 38.3 Å². The molecular formula is C15H26IN5. The molecule has 0 bridgehead atoms. The molecule has 1 heterocycles. The molecule has 1 saturated carbocycles. The lowest BCUT2D eigenvalue weighted by Crippen LogP contribution is -2.35. The molecule has 0 aliphatic heterocycles. The normalized spacial score (nSPS) is 14.5. The molecule has 21 heavy (non-hydrogen) atoms. The van der Waals surface area contributed by atoms with Gasteiger partial charge >= 0.3 is 0 Å². The summed E-state index contributed by atoms with van der Waals surface area (Å²) in [5.74, 6) is 1.64. The van der Waals surface area contributed by atoms with E-state index in [1.165, 1.54) is 12.8 Å². The number of hydrogen-bond donors (Lipinski definition) is 1. The van der Waals surface area contributed by atoms with Crippen LogP contribution in [-0.4, -0.2) is 42.0 Å². The highest BCUT2D eigenvalue weighted by atomic mass is 127. The van der Waals surface area contributed by atoms with Crippen LogP contribution in [0.1, 0.15) is 32.3 Å². The van der Waals surface area contributed by atoms with Crippen molar-refractivity contribution in [1.29, 1.82) is 0 Å². The Morgan fingerprint density at radius 2 is 2.00 bits per heavy atom. The average Bonchev–Trinajstić information content (AvgIpc) is 3.31. The second-order valence-corrected chi connectivity index (χ2v) is 5.21. The average molecular weight is 403 g/mol. The van der Waals surface area contributed by atoms with E-state index in [4.69, 9.17) is 5.73 Å². The van der Waals surface area contributed by atoms with Gasteiger partial charge in [-0.1, -0.05) is 6.07 Å². The molecule has 1 aliphatic rings. The molecule has 1 aromatic rings. The molecule has 0 saturated heterocycles. The van der Waals surface area contributed by atoms with E-state index >= 15 is 0 Å². The summed E-state index contributed by atoms with van der Waals surface area (Å²) in [4.78, 5) is 13.2. The van der Waals surface area contributed by atoms with Crippen molar-refractivity contribution in [2.24, 2.45) is 10.7 Å². The predicted octanol–water partition coefficient (Wildman–Crippen LogP) is 2.45. The van der Waals surface area contributed by atoms with Crippen molar-refractivity contribution in [1.82, 2.24) is 9.88 Å². The minimum Gasteiger partial charge on any atom is -0.370 e. The Kier molecular flexibility index (Phi) is 7.21. The maximum atomic E-state index is 5.97. The minimum absolute atomic E-state index is 0. The van der Waals surface area contributed by atoms with Crippen LogP contribution < -0.4 is 10.6 Å². The zero-order chi connectivity index (χ0) is 14.5. The van der Waals surface area contributed by atoms with Crippen LogP contribution in [0, 0.1) is 0 Å².